The molecule has 0 rings (SSSR count). The number of hydrogen-bond acceptors (Lipinski definition) is 7. The van der Waals surface area contributed by atoms with Gasteiger partial charge in [0.25, 0.3) is 0 Å². The second kappa shape index (κ2) is 12.8. The smallest absolute Gasteiger partial charge is 0.326 e. The highest BCUT2D eigenvalue weighted by atomic mass is 32.2. The molecule has 0 saturated heterocycles. The fourth-order valence-electron chi connectivity index (χ4n) is 1.90. The number of carboxylic acid groups (broad SMARTS) is 1. The van der Waals surface area contributed by atoms with E-state index in [0.29, 0.717) is 12.2 Å². The van der Waals surface area contributed by atoms with Gasteiger partial charge in [-0.3, -0.25) is 14.4 Å². The van der Waals surface area contributed by atoms with Crippen molar-refractivity contribution in [3.63, 3.8) is 0 Å². The summed E-state index contributed by atoms with van der Waals surface area (Å²) in [7, 11) is 0. The number of nitrogens with one attached hydrogen (secondary N) is 3. The summed E-state index contributed by atoms with van der Waals surface area (Å²) in [6.07, 6.45) is 2.18. The maximum Gasteiger partial charge on any atom is 0.326 e. The molecular weight excluding hydrogens is 380 g/mol. The molecule has 0 fully saturated rings. The van der Waals surface area contributed by atoms with E-state index in [1.165, 1.54) is 11.8 Å². The zero-order chi connectivity index (χ0) is 20.3. The predicted molar refractivity (Wildman–Crippen MR) is 104 cm³/mol. The molecule has 6 N–H and O–H groups in total. The van der Waals surface area contributed by atoms with Crippen LogP contribution in [0.15, 0.2) is 0 Å². The number of hydrogen-bond donors (Lipinski definition) is 6. The SMILES string of the molecule is CSCCC(NC(=O)CNC(=O)C(N)CS)C(=O)NC(C(=O)O)C(C)C. The van der Waals surface area contributed by atoms with Crippen LogP contribution in [-0.4, -0.2) is 71.2 Å². The monoisotopic (exact) mass is 408 g/mol. The first-order valence-electron chi connectivity index (χ1n) is 8.09. The highest BCUT2D eigenvalue weighted by Crippen LogP contribution is 2.05. The maximum atomic E-state index is 12.4. The minimum Gasteiger partial charge on any atom is -0.480 e. The van der Waals surface area contributed by atoms with Gasteiger partial charge in [-0.25, -0.2) is 4.79 Å². The van der Waals surface area contributed by atoms with Crippen LogP contribution in [0.3, 0.4) is 0 Å². The lowest BCUT2D eigenvalue weighted by atomic mass is 10.0. The number of amides is 3. The Hall–Kier alpha value is -1.46. The molecule has 0 aromatic heterocycles. The van der Waals surface area contributed by atoms with E-state index in [4.69, 9.17) is 5.73 Å². The molecule has 0 aromatic carbocycles. The number of thiol groups is 1. The third-order valence-electron chi connectivity index (χ3n) is 3.45. The molecule has 0 aliphatic rings. The maximum absolute atomic E-state index is 12.4. The second-order valence-corrected chi connectivity index (χ2v) is 7.33. The van der Waals surface area contributed by atoms with Crippen molar-refractivity contribution in [1.82, 2.24) is 16.0 Å². The largest absolute Gasteiger partial charge is 0.480 e. The van der Waals surface area contributed by atoms with Crippen LogP contribution < -0.4 is 21.7 Å². The Morgan fingerprint density at radius 2 is 1.77 bits per heavy atom. The van der Waals surface area contributed by atoms with E-state index < -0.39 is 41.8 Å². The van der Waals surface area contributed by atoms with E-state index in [0.717, 1.165) is 0 Å². The average molecular weight is 409 g/mol. The average Bonchev–Trinajstić information content (AvgIpc) is 2.59. The summed E-state index contributed by atoms with van der Waals surface area (Å²) in [6.45, 7) is 3.01. The van der Waals surface area contributed by atoms with Crippen LogP contribution in [0.1, 0.15) is 20.3 Å². The van der Waals surface area contributed by atoms with Crippen LogP contribution in [-0.2, 0) is 19.2 Å². The van der Waals surface area contributed by atoms with Gasteiger partial charge in [0.15, 0.2) is 0 Å². The number of rotatable bonds is 12. The summed E-state index contributed by atoms with van der Waals surface area (Å²) < 4.78 is 0. The zero-order valence-electron chi connectivity index (χ0n) is 15.2. The fraction of sp³-hybridized carbons (Fsp3) is 0.733. The molecule has 0 aliphatic heterocycles. The summed E-state index contributed by atoms with van der Waals surface area (Å²) >= 11 is 5.38. The van der Waals surface area contributed by atoms with Crippen LogP contribution in [0.5, 0.6) is 0 Å². The number of carboxylic acids is 1. The van der Waals surface area contributed by atoms with Gasteiger partial charge in [-0.1, -0.05) is 13.8 Å². The van der Waals surface area contributed by atoms with Crippen LogP contribution in [0.25, 0.3) is 0 Å². The van der Waals surface area contributed by atoms with E-state index in [1.54, 1.807) is 13.8 Å². The van der Waals surface area contributed by atoms with Crippen molar-refractivity contribution in [2.75, 3.05) is 24.3 Å². The highest BCUT2D eigenvalue weighted by Gasteiger charge is 2.28. The standard InChI is InChI=1S/C15H28N4O5S2/c1-8(2)12(15(23)24)19-14(22)10(4-5-26-3)18-11(20)6-17-13(21)9(16)7-25/h8-10,12,25H,4-7,16H2,1-3H3,(H,17,21)(H,18,20)(H,19,22)(H,23,24). The van der Waals surface area contributed by atoms with Crippen molar-refractivity contribution in [3.05, 3.63) is 0 Å². The van der Waals surface area contributed by atoms with Crippen LogP contribution in [0.2, 0.25) is 0 Å². The summed E-state index contributed by atoms with van der Waals surface area (Å²) in [5.74, 6) is -2.39. The second-order valence-electron chi connectivity index (χ2n) is 5.98. The Bertz CT molecular complexity index is 504. The topological polar surface area (TPSA) is 151 Å². The van der Waals surface area contributed by atoms with Crippen LogP contribution in [0, 0.1) is 5.92 Å². The van der Waals surface area contributed by atoms with Gasteiger partial charge in [-0.05, 0) is 24.3 Å². The lowest BCUT2D eigenvalue weighted by Gasteiger charge is -2.23. The van der Waals surface area contributed by atoms with Crippen molar-refractivity contribution >= 4 is 48.1 Å². The molecule has 3 unspecified atom stereocenters. The number of nitrogens with two attached hydrogens (primary N) is 1. The molecule has 26 heavy (non-hydrogen) atoms. The molecule has 0 spiro atoms. The Labute approximate surface area is 163 Å². The summed E-state index contributed by atoms with van der Waals surface area (Å²) in [5.41, 5.74) is 5.49. The quantitative estimate of drug-likeness (QED) is 0.223. The minimum absolute atomic E-state index is 0.137. The molecule has 0 aliphatic carbocycles. The van der Waals surface area contributed by atoms with E-state index >= 15 is 0 Å². The first-order valence-corrected chi connectivity index (χ1v) is 10.1. The zero-order valence-corrected chi connectivity index (χ0v) is 16.9. The Kier molecular flexibility index (Phi) is 12.1. The van der Waals surface area contributed by atoms with Gasteiger partial charge in [0.1, 0.15) is 12.1 Å². The summed E-state index contributed by atoms with van der Waals surface area (Å²) in [4.78, 5) is 47.2. The Morgan fingerprint density at radius 1 is 1.15 bits per heavy atom. The molecule has 0 bridgehead atoms. The van der Waals surface area contributed by atoms with E-state index in [-0.39, 0.29) is 18.2 Å². The molecule has 0 saturated carbocycles. The van der Waals surface area contributed by atoms with Crippen molar-refractivity contribution in [2.45, 2.75) is 38.4 Å². The third-order valence-corrected chi connectivity index (χ3v) is 4.49. The molecule has 0 aromatic rings. The number of aliphatic carboxylic acids is 1. The van der Waals surface area contributed by atoms with Gasteiger partial charge in [0.2, 0.25) is 17.7 Å². The van der Waals surface area contributed by atoms with Gasteiger partial charge in [-0.15, -0.1) is 0 Å². The van der Waals surface area contributed by atoms with Crippen molar-refractivity contribution in [2.24, 2.45) is 11.7 Å². The molecular formula is C15H28N4O5S2. The molecule has 3 atom stereocenters. The molecule has 3 amide bonds. The molecule has 0 heterocycles. The highest BCUT2D eigenvalue weighted by molar-refractivity contribution is 7.98. The first-order chi connectivity index (χ1) is 12.1. The molecule has 150 valence electrons. The number of thioether (sulfide) groups is 1. The molecule has 9 nitrogen and oxygen atoms in total. The van der Waals surface area contributed by atoms with Crippen molar-refractivity contribution in [1.29, 1.82) is 0 Å². The van der Waals surface area contributed by atoms with Gasteiger partial charge in [0, 0.05) is 5.75 Å². The number of carbonyl (C=O) groups is 4. The van der Waals surface area contributed by atoms with Crippen LogP contribution >= 0.6 is 24.4 Å². The van der Waals surface area contributed by atoms with Crippen molar-refractivity contribution in [3.8, 4) is 0 Å². The normalized spacial score (nSPS) is 14.2. The molecule has 0 radical (unpaired) electrons. The Balaban J connectivity index is 4.81. The lowest BCUT2D eigenvalue weighted by Crippen LogP contribution is -2.55. The van der Waals surface area contributed by atoms with E-state index in [2.05, 4.69) is 28.6 Å². The van der Waals surface area contributed by atoms with Gasteiger partial charge in [0.05, 0.1) is 12.6 Å². The van der Waals surface area contributed by atoms with E-state index in [1.807, 2.05) is 6.26 Å². The van der Waals surface area contributed by atoms with Gasteiger partial charge in [-0.2, -0.15) is 24.4 Å². The van der Waals surface area contributed by atoms with Gasteiger partial charge < -0.3 is 26.8 Å². The first kappa shape index (κ1) is 24.5. The Morgan fingerprint density at radius 3 is 2.23 bits per heavy atom. The van der Waals surface area contributed by atoms with Crippen molar-refractivity contribution < 1.29 is 24.3 Å². The summed E-state index contributed by atoms with van der Waals surface area (Å²) in [6, 6.07) is -2.78. The van der Waals surface area contributed by atoms with E-state index in [9.17, 15) is 24.3 Å². The lowest BCUT2D eigenvalue weighted by molar-refractivity contribution is -0.143. The molecule has 11 heteroatoms. The minimum atomic E-state index is -1.14. The number of carbonyl (C=O) groups excluding carboxylic acids is 3. The predicted octanol–water partition coefficient (Wildman–Crippen LogP) is -1.18. The summed E-state index contributed by atoms with van der Waals surface area (Å²) in [5, 5.41) is 16.5. The fourth-order valence-corrected chi connectivity index (χ4v) is 2.54. The third kappa shape index (κ3) is 9.30. The van der Waals surface area contributed by atoms with Gasteiger partial charge >= 0.3 is 5.97 Å². The van der Waals surface area contributed by atoms with Crippen LogP contribution in [0.4, 0.5) is 0 Å².